The Morgan fingerprint density at radius 2 is 1.80 bits per heavy atom. The van der Waals surface area contributed by atoms with Gasteiger partial charge in [-0.05, 0) is 79.4 Å². The van der Waals surface area contributed by atoms with Gasteiger partial charge in [0.15, 0.2) is 0 Å². The lowest BCUT2D eigenvalue weighted by Gasteiger charge is -2.34. The van der Waals surface area contributed by atoms with Crippen LogP contribution < -0.4 is 15.5 Å². The van der Waals surface area contributed by atoms with E-state index in [2.05, 4.69) is 56.7 Å². The molecule has 40 heavy (non-hydrogen) atoms. The average Bonchev–Trinajstić information content (AvgIpc) is 3.01. The van der Waals surface area contributed by atoms with Crippen LogP contribution in [0.5, 0.6) is 0 Å². The molecule has 6 rings (SSSR count). The molecule has 8 heteroatoms. The van der Waals surface area contributed by atoms with Gasteiger partial charge in [0.25, 0.3) is 5.91 Å². The van der Waals surface area contributed by atoms with E-state index in [4.69, 9.17) is 0 Å². The topological polar surface area (TPSA) is 80.8 Å². The second kappa shape index (κ2) is 11.8. The van der Waals surface area contributed by atoms with E-state index in [0.717, 1.165) is 81.0 Å². The fourth-order valence-electron chi connectivity index (χ4n) is 6.01. The molecule has 0 unspecified atom stereocenters. The quantitative estimate of drug-likeness (QED) is 0.517. The van der Waals surface area contributed by atoms with Crippen LogP contribution in [-0.2, 0) is 17.8 Å². The van der Waals surface area contributed by atoms with Crippen molar-refractivity contribution in [3.8, 4) is 11.1 Å². The van der Waals surface area contributed by atoms with Crippen LogP contribution >= 0.6 is 0 Å². The summed E-state index contributed by atoms with van der Waals surface area (Å²) in [6.45, 7) is 6.85. The lowest BCUT2D eigenvalue weighted by molar-refractivity contribution is -0.121. The molecule has 1 atom stereocenters. The number of hydrogen-bond acceptors (Lipinski definition) is 6. The minimum atomic E-state index is -0.251. The molecule has 3 aromatic rings. The molecule has 0 saturated carbocycles. The van der Waals surface area contributed by atoms with Crippen LogP contribution in [-0.4, -0.2) is 79.5 Å². The Bertz CT molecular complexity index is 1380. The highest BCUT2D eigenvalue weighted by Gasteiger charge is 2.30. The molecule has 0 aliphatic carbocycles. The predicted octanol–water partition coefficient (Wildman–Crippen LogP) is 3.64. The molecule has 2 N–H and O–H groups in total. The van der Waals surface area contributed by atoms with Gasteiger partial charge in [0, 0.05) is 63.4 Å². The summed E-state index contributed by atoms with van der Waals surface area (Å²) in [4.78, 5) is 37.5. The summed E-state index contributed by atoms with van der Waals surface area (Å²) in [5.41, 5.74) is 7.27. The molecule has 1 aromatic heterocycles. The largest absolute Gasteiger partial charge is 0.369 e. The summed E-state index contributed by atoms with van der Waals surface area (Å²) in [5.74, 6) is -0.387. The molecule has 8 nitrogen and oxygen atoms in total. The van der Waals surface area contributed by atoms with Gasteiger partial charge in [0.1, 0.15) is 5.69 Å². The van der Waals surface area contributed by atoms with Crippen molar-refractivity contribution in [2.24, 2.45) is 5.92 Å². The van der Waals surface area contributed by atoms with Crippen LogP contribution in [0.1, 0.15) is 34.5 Å². The van der Waals surface area contributed by atoms with Crippen molar-refractivity contribution < 1.29 is 9.59 Å². The summed E-state index contributed by atoms with van der Waals surface area (Å²) in [5, 5.41) is 6.55. The number of pyridine rings is 1. The molecule has 2 saturated heterocycles. The van der Waals surface area contributed by atoms with Crippen LogP contribution in [0.2, 0.25) is 0 Å². The molecule has 0 bridgehead atoms. The number of nitrogens with one attached hydrogen (secondary N) is 2. The molecule has 2 aromatic carbocycles. The van der Waals surface area contributed by atoms with Gasteiger partial charge < -0.3 is 25.3 Å². The second-order valence-corrected chi connectivity index (χ2v) is 11.3. The van der Waals surface area contributed by atoms with Gasteiger partial charge in [-0.15, -0.1) is 0 Å². The number of nitrogens with zero attached hydrogens (tertiary/aromatic N) is 4. The maximum absolute atomic E-state index is 13.4. The van der Waals surface area contributed by atoms with Gasteiger partial charge >= 0.3 is 0 Å². The fraction of sp³-hybridized carbons (Fsp3) is 0.406. The van der Waals surface area contributed by atoms with E-state index in [9.17, 15) is 9.59 Å². The normalized spacial score (nSPS) is 19.7. The smallest absolute Gasteiger partial charge is 0.272 e. The fourth-order valence-corrected chi connectivity index (χ4v) is 6.01. The zero-order chi connectivity index (χ0) is 27.5. The highest BCUT2D eigenvalue weighted by atomic mass is 16.2. The zero-order valence-electron chi connectivity index (χ0n) is 23.2. The SMILES string of the molecule is CN1CCN(c2ccnc(C(=O)N3CCC[C@H](C(=O)Nc4cccc(-c5ccc6c(c5)CCNC6)c4)C3)c2)CC1. The Kier molecular flexibility index (Phi) is 7.80. The molecule has 2 fully saturated rings. The number of aromatic nitrogens is 1. The Labute approximate surface area is 236 Å². The summed E-state index contributed by atoms with van der Waals surface area (Å²) in [7, 11) is 2.13. The van der Waals surface area contributed by atoms with Crippen LogP contribution in [0, 0.1) is 5.92 Å². The average molecular weight is 539 g/mol. The number of rotatable bonds is 5. The monoisotopic (exact) mass is 538 g/mol. The molecule has 0 spiro atoms. The summed E-state index contributed by atoms with van der Waals surface area (Å²) < 4.78 is 0. The van der Waals surface area contributed by atoms with Gasteiger partial charge in [0.2, 0.25) is 5.91 Å². The number of hydrogen-bond donors (Lipinski definition) is 2. The van der Waals surface area contributed by atoms with Gasteiger partial charge in [0.05, 0.1) is 5.92 Å². The highest BCUT2D eigenvalue weighted by molar-refractivity contribution is 5.96. The molecule has 3 aliphatic heterocycles. The lowest BCUT2D eigenvalue weighted by atomic mass is 9.95. The molecule has 208 valence electrons. The third kappa shape index (κ3) is 5.88. The predicted molar refractivity (Wildman–Crippen MR) is 158 cm³/mol. The Morgan fingerprint density at radius 3 is 2.67 bits per heavy atom. The van der Waals surface area contributed by atoms with Crippen molar-refractivity contribution in [1.29, 1.82) is 0 Å². The van der Waals surface area contributed by atoms with E-state index in [-0.39, 0.29) is 17.7 Å². The number of carbonyl (C=O) groups excluding carboxylic acids is 2. The van der Waals surface area contributed by atoms with Crippen molar-refractivity contribution in [1.82, 2.24) is 20.1 Å². The summed E-state index contributed by atoms with van der Waals surface area (Å²) in [6, 6.07) is 18.6. The number of anilines is 2. The Hall–Kier alpha value is -3.75. The number of piperazine rings is 1. The van der Waals surface area contributed by atoms with E-state index in [1.54, 1.807) is 11.1 Å². The minimum Gasteiger partial charge on any atom is -0.369 e. The van der Waals surface area contributed by atoms with Crippen LogP contribution in [0.4, 0.5) is 11.4 Å². The van der Waals surface area contributed by atoms with Crippen molar-refractivity contribution in [2.45, 2.75) is 25.8 Å². The first-order valence-corrected chi connectivity index (χ1v) is 14.5. The number of fused-ring (bicyclic) bond motifs is 1. The third-order valence-electron chi connectivity index (χ3n) is 8.47. The first kappa shape index (κ1) is 26.5. The second-order valence-electron chi connectivity index (χ2n) is 11.3. The maximum atomic E-state index is 13.4. The number of likely N-dealkylation sites (N-methyl/N-ethyl adjacent to an activating group) is 1. The van der Waals surface area contributed by atoms with Crippen LogP contribution in [0.15, 0.2) is 60.8 Å². The molecular formula is C32H38N6O2. The van der Waals surface area contributed by atoms with Gasteiger partial charge in [-0.25, -0.2) is 0 Å². The number of benzene rings is 2. The van der Waals surface area contributed by atoms with Gasteiger partial charge in [-0.2, -0.15) is 0 Å². The van der Waals surface area contributed by atoms with Gasteiger partial charge in [-0.3, -0.25) is 14.6 Å². The zero-order valence-corrected chi connectivity index (χ0v) is 23.2. The number of likely N-dealkylation sites (tertiary alicyclic amines) is 1. The van der Waals surface area contributed by atoms with Crippen LogP contribution in [0.3, 0.4) is 0 Å². The van der Waals surface area contributed by atoms with E-state index in [0.29, 0.717) is 18.8 Å². The molecule has 2 amide bonds. The van der Waals surface area contributed by atoms with Crippen LogP contribution in [0.25, 0.3) is 11.1 Å². The van der Waals surface area contributed by atoms with E-state index < -0.39 is 0 Å². The van der Waals surface area contributed by atoms with E-state index >= 15 is 0 Å². The Morgan fingerprint density at radius 1 is 0.950 bits per heavy atom. The summed E-state index contributed by atoms with van der Waals surface area (Å²) >= 11 is 0. The van der Waals surface area contributed by atoms with Gasteiger partial charge in [-0.1, -0.05) is 30.3 Å². The summed E-state index contributed by atoms with van der Waals surface area (Å²) in [6.07, 6.45) is 4.32. The molecular weight excluding hydrogens is 500 g/mol. The first-order valence-electron chi connectivity index (χ1n) is 14.5. The van der Waals surface area contributed by atoms with Crippen molar-refractivity contribution in [2.75, 3.05) is 63.1 Å². The van der Waals surface area contributed by atoms with E-state index in [1.807, 2.05) is 30.3 Å². The molecule has 3 aliphatic rings. The number of piperidine rings is 1. The van der Waals surface area contributed by atoms with Crippen molar-refractivity contribution in [3.05, 3.63) is 77.6 Å². The lowest BCUT2D eigenvalue weighted by Crippen LogP contribution is -2.45. The first-order chi connectivity index (χ1) is 19.5. The standard InChI is InChI=1S/C32H38N6O2/c1-36-14-16-37(17-15-36)29-10-12-34-30(20-29)32(40)38-13-3-5-27(22-38)31(39)35-28-6-2-4-23(19-28)24-7-8-26-21-33-11-9-25(26)18-24/h2,4,6-8,10,12,18-20,27,33H,3,5,9,11,13-17,21-22H2,1H3,(H,35,39)/t27-/m0/s1. The van der Waals surface area contributed by atoms with E-state index in [1.165, 1.54) is 11.1 Å². The highest BCUT2D eigenvalue weighted by Crippen LogP contribution is 2.28. The van der Waals surface area contributed by atoms with Crippen molar-refractivity contribution >= 4 is 23.2 Å². The van der Waals surface area contributed by atoms with Crippen molar-refractivity contribution in [3.63, 3.8) is 0 Å². The molecule has 4 heterocycles. The maximum Gasteiger partial charge on any atom is 0.272 e. The third-order valence-corrected chi connectivity index (χ3v) is 8.47. The number of carbonyl (C=O) groups is 2. The Balaban J connectivity index is 1.10. The minimum absolute atomic E-state index is 0.0367. The number of amides is 2. The molecule has 0 radical (unpaired) electrons.